The van der Waals surface area contributed by atoms with E-state index < -0.39 is 5.97 Å². The van der Waals surface area contributed by atoms with Crippen molar-refractivity contribution in [2.45, 2.75) is 19.2 Å². The third-order valence-electron chi connectivity index (χ3n) is 3.67. The molecule has 3 aromatic carbocycles. The van der Waals surface area contributed by atoms with Gasteiger partial charge >= 0.3 is 5.97 Å². The molecule has 0 heterocycles. The average Bonchev–Trinajstić information content (AvgIpc) is 2.67. The minimum absolute atomic E-state index is 0.189. The lowest BCUT2D eigenvalue weighted by Gasteiger charge is -2.26. The number of ether oxygens (including phenoxy) is 2. The molecule has 0 aliphatic carbocycles. The predicted octanol–water partition coefficient (Wildman–Crippen LogP) is 4.66. The second-order valence-corrected chi connectivity index (χ2v) is 5.47. The third kappa shape index (κ3) is 4.30. The van der Waals surface area contributed by atoms with Crippen LogP contribution in [0.2, 0.25) is 0 Å². The van der Waals surface area contributed by atoms with E-state index in [0.29, 0.717) is 5.56 Å². The molecule has 0 bridgehead atoms. The molecule has 0 saturated heterocycles. The summed E-state index contributed by atoms with van der Waals surface area (Å²) in [7, 11) is 0. The molecule has 3 rings (SSSR count). The summed E-state index contributed by atoms with van der Waals surface area (Å²) in [5, 5.41) is 13.2. The van der Waals surface area contributed by atoms with Gasteiger partial charge in [-0.3, -0.25) is 0 Å². The molecular formula is C21H19O3. The number of rotatable bonds is 7. The van der Waals surface area contributed by atoms with Gasteiger partial charge in [0.25, 0.3) is 0 Å². The molecule has 0 aliphatic rings. The van der Waals surface area contributed by atoms with Crippen LogP contribution in [0.25, 0.3) is 0 Å². The SMILES string of the molecule is [O]C(OCc1ccccc1)(OCc1ccccc1)c1ccccc1. The Morgan fingerprint density at radius 1 is 0.583 bits per heavy atom. The van der Waals surface area contributed by atoms with Gasteiger partial charge in [0.05, 0.1) is 13.2 Å². The van der Waals surface area contributed by atoms with E-state index >= 15 is 0 Å². The standard InChI is InChI=1S/C21H19O3/c22-21(20-14-8-3-9-15-20,23-16-18-10-4-1-5-11-18)24-17-19-12-6-2-7-13-19/h1-15H,16-17H2. The van der Waals surface area contributed by atoms with Crippen LogP contribution in [0.5, 0.6) is 0 Å². The molecule has 0 saturated carbocycles. The summed E-state index contributed by atoms with van der Waals surface area (Å²) in [5.41, 5.74) is 2.31. The van der Waals surface area contributed by atoms with E-state index in [0.717, 1.165) is 11.1 Å². The van der Waals surface area contributed by atoms with Gasteiger partial charge in [0, 0.05) is 5.56 Å². The van der Waals surface area contributed by atoms with Crippen LogP contribution in [-0.4, -0.2) is 0 Å². The van der Waals surface area contributed by atoms with Crippen LogP contribution in [0, 0.1) is 0 Å². The second kappa shape index (κ2) is 7.88. The molecule has 1 radical (unpaired) electrons. The van der Waals surface area contributed by atoms with E-state index in [1.807, 2.05) is 66.7 Å². The van der Waals surface area contributed by atoms with Crippen molar-refractivity contribution in [2.24, 2.45) is 0 Å². The number of benzene rings is 3. The highest BCUT2D eigenvalue weighted by Gasteiger charge is 2.34. The highest BCUT2D eigenvalue weighted by atomic mass is 16.8. The Hall–Kier alpha value is -2.46. The number of hydrogen-bond acceptors (Lipinski definition) is 2. The molecule has 0 spiro atoms. The molecule has 0 aliphatic heterocycles. The lowest BCUT2D eigenvalue weighted by Crippen LogP contribution is -2.31. The van der Waals surface area contributed by atoms with Crippen molar-refractivity contribution < 1.29 is 14.6 Å². The van der Waals surface area contributed by atoms with Gasteiger partial charge in [-0.05, 0) is 11.1 Å². The molecule has 24 heavy (non-hydrogen) atoms. The van der Waals surface area contributed by atoms with E-state index in [4.69, 9.17) is 9.47 Å². The minimum Gasteiger partial charge on any atom is -0.317 e. The molecule has 0 N–H and O–H groups in total. The van der Waals surface area contributed by atoms with Crippen LogP contribution < -0.4 is 0 Å². The zero-order valence-electron chi connectivity index (χ0n) is 13.3. The molecule has 121 valence electrons. The van der Waals surface area contributed by atoms with Crippen molar-refractivity contribution in [3.63, 3.8) is 0 Å². The molecule has 0 aromatic heterocycles. The summed E-state index contributed by atoms with van der Waals surface area (Å²) in [4.78, 5) is 0. The van der Waals surface area contributed by atoms with Crippen LogP contribution in [0.3, 0.4) is 0 Å². The number of hydrogen-bond donors (Lipinski definition) is 0. The van der Waals surface area contributed by atoms with E-state index in [-0.39, 0.29) is 13.2 Å². The normalized spacial score (nSPS) is 11.4. The van der Waals surface area contributed by atoms with Gasteiger partial charge in [-0.15, -0.1) is 0 Å². The first-order chi connectivity index (χ1) is 11.8. The molecule has 3 nitrogen and oxygen atoms in total. The van der Waals surface area contributed by atoms with Gasteiger partial charge in [0.1, 0.15) is 0 Å². The maximum atomic E-state index is 13.2. The van der Waals surface area contributed by atoms with Crippen molar-refractivity contribution in [1.29, 1.82) is 0 Å². The summed E-state index contributed by atoms with van der Waals surface area (Å²) in [6.07, 6.45) is 0. The Kier molecular flexibility index (Phi) is 5.39. The molecular weight excluding hydrogens is 300 g/mol. The monoisotopic (exact) mass is 319 g/mol. The molecule has 0 unspecified atom stereocenters. The highest BCUT2D eigenvalue weighted by molar-refractivity contribution is 5.19. The van der Waals surface area contributed by atoms with Crippen LogP contribution in [0.1, 0.15) is 16.7 Å². The Balaban J connectivity index is 1.75. The van der Waals surface area contributed by atoms with Crippen LogP contribution >= 0.6 is 0 Å². The first kappa shape index (κ1) is 16.4. The summed E-state index contributed by atoms with van der Waals surface area (Å²) < 4.78 is 11.3. The summed E-state index contributed by atoms with van der Waals surface area (Å²) in [6, 6.07) is 28.1. The third-order valence-corrected chi connectivity index (χ3v) is 3.67. The van der Waals surface area contributed by atoms with Crippen LogP contribution in [0.15, 0.2) is 91.0 Å². The zero-order chi connectivity index (χ0) is 16.7. The topological polar surface area (TPSA) is 38.4 Å². The first-order valence-corrected chi connectivity index (χ1v) is 7.88. The Morgan fingerprint density at radius 2 is 0.958 bits per heavy atom. The lowest BCUT2D eigenvalue weighted by molar-refractivity contribution is -0.410. The lowest BCUT2D eigenvalue weighted by atomic mass is 10.2. The van der Waals surface area contributed by atoms with Gasteiger partial charge in [-0.25, -0.2) is 0 Å². The van der Waals surface area contributed by atoms with Crippen molar-refractivity contribution in [1.82, 2.24) is 0 Å². The maximum absolute atomic E-state index is 13.2. The fourth-order valence-corrected chi connectivity index (χ4v) is 2.36. The zero-order valence-corrected chi connectivity index (χ0v) is 13.3. The smallest absolute Gasteiger partial charge is 0.317 e. The summed E-state index contributed by atoms with van der Waals surface area (Å²) in [5.74, 6) is -2.05. The largest absolute Gasteiger partial charge is 0.341 e. The van der Waals surface area contributed by atoms with E-state index in [2.05, 4.69) is 0 Å². The van der Waals surface area contributed by atoms with E-state index in [9.17, 15) is 5.11 Å². The van der Waals surface area contributed by atoms with Gasteiger partial charge in [0.15, 0.2) is 0 Å². The molecule has 0 atom stereocenters. The van der Waals surface area contributed by atoms with Crippen LogP contribution in [0.4, 0.5) is 0 Å². The Labute approximate surface area is 142 Å². The van der Waals surface area contributed by atoms with Gasteiger partial charge in [-0.1, -0.05) is 91.0 Å². The predicted molar refractivity (Wildman–Crippen MR) is 91.3 cm³/mol. The average molecular weight is 319 g/mol. The van der Waals surface area contributed by atoms with Gasteiger partial charge in [0.2, 0.25) is 0 Å². The maximum Gasteiger partial charge on any atom is 0.341 e. The molecule has 3 aromatic rings. The molecule has 3 heteroatoms. The first-order valence-electron chi connectivity index (χ1n) is 7.88. The Morgan fingerprint density at radius 3 is 1.38 bits per heavy atom. The quantitative estimate of drug-likeness (QED) is 0.594. The van der Waals surface area contributed by atoms with Crippen molar-refractivity contribution in [2.75, 3.05) is 0 Å². The summed E-state index contributed by atoms with van der Waals surface area (Å²) >= 11 is 0. The van der Waals surface area contributed by atoms with E-state index in [1.165, 1.54) is 0 Å². The van der Waals surface area contributed by atoms with Crippen LogP contribution in [-0.2, 0) is 33.8 Å². The van der Waals surface area contributed by atoms with Gasteiger partial charge < -0.3 is 9.47 Å². The Bertz CT molecular complexity index is 683. The fraction of sp³-hybridized carbons (Fsp3) is 0.143. The second-order valence-electron chi connectivity index (χ2n) is 5.47. The molecule has 0 fully saturated rings. The minimum atomic E-state index is -2.05. The van der Waals surface area contributed by atoms with Crippen molar-refractivity contribution >= 4 is 0 Å². The van der Waals surface area contributed by atoms with Gasteiger partial charge in [-0.2, -0.15) is 5.11 Å². The fourth-order valence-electron chi connectivity index (χ4n) is 2.36. The van der Waals surface area contributed by atoms with Crippen molar-refractivity contribution in [3.8, 4) is 0 Å². The highest BCUT2D eigenvalue weighted by Crippen LogP contribution is 2.27. The summed E-state index contributed by atoms with van der Waals surface area (Å²) in [6.45, 7) is 0.377. The van der Waals surface area contributed by atoms with Crippen molar-refractivity contribution in [3.05, 3.63) is 108 Å². The van der Waals surface area contributed by atoms with E-state index in [1.54, 1.807) is 24.3 Å². The molecule has 0 amide bonds.